The Labute approximate surface area is 123 Å². The zero-order valence-electron chi connectivity index (χ0n) is 11.9. The number of hydrogen-bond acceptors (Lipinski definition) is 5. The van der Waals surface area contributed by atoms with Gasteiger partial charge in [0.2, 0.25) is 0 Å². The van der Waals surface area contributed by atoms with E-state index in [9.17, 15) is 10.1 Å². The maximum atomic E-state index is 11.3. The fraction of sp³-hybridized carbons (Fsp3) is 0.571. The lowest BCUT2D eigenvalue weighted by Crippen LogP contribution is -2.17. The lowest BCUT2D eigenvalue weighted by Gasteiger charge is -2.15. The predicted molar refractivity (Wildman–Crippen MR) is 85.8 cm³/mol. The lowest BCUT2D eigenvalue weighted by atomic mass is 10.2. The van der Waals surface area contributed by atoms with Gasteiger partial charge in [-0.3, -0.25) is 10.1 Å². The van der Waals surface area contributed by atoms with Gasteiger partial charge < -0.3 is 10.6 Å². The quantitative estimate of drug-likeness (QED) is 0.618. The number of benzene rings is 1. The molecule has 2 rings (SSSR count). The number of anilines is 2. The molecule has 0 heterocycles. The van der Waals surface area contributed by atoms with Gasteiger partial charge in [-0.25, -0.2) is 0 Å². The van der Waals surface area contributed by atoms with E-state index in [4.69, 9.17) is 0 Å². The van der Waals surface area contributed by atoms with E-state index in [0.717, 1.165) is 18.6 Å². The molecular weight excluding hydrogens is 274 g/mol. The first-order valence-corrected chi connectivity index (χ1v) is 8.03. The zero-order chi connectivity index (χ0) is 14.5. The van der Waals surface area contributed by atoms with E-state index in [2.05, 4.69) is 17.6 Å². The second kappa shape index (κ2) is 6.83. The third kappa shape index (κ3) is 3.36. The van der Waals surface area contributed by atoms with Gasteiger partial charge >= 0.3 is 5.69 Å². The van der Waals surface area contributed by atoms with Crippen molar-refractivity contribution in [3.05, 3.63) is 28.3 Å². The summed E-state index contributed by atoms with van der Waals surface area (Å²) < 4.78 is 0. The summed E-state index contributed by atoms with van der Waals surface area (Å²) in [6.07, 6.45) is 3.35. The highest BCUT2D eigenvalue weighted by Gasteiger charge is 2.27. The minimum atomic E-state index is -0.318. The van der Waals surface area contributed by atoms with Crippen LogP contribution < -0.4 is 10.6 Å². The molecule has 1 aromatic rings. The highest BCUT2D eigenvalue weighted by Crippen LogP contribution is 2.36. The van der Waals surface area contributed by atoms with Crippen molar-refractivity contribution in [3.8, 4) is 0 Å². The van der Waals surface area contributed by atoms with Crippen LogP contribution in [0.1, 0.15) is 26.2 Å². The zero-order valence-corrected chi connectivity index (χ0v) is 12.7. The average molecular weight is 295 g/mol. The van der Waals surface area contributed by atoms with E-state index >= 15 is 0 Å². The van der Waals surface area contributed by atoms with E-state index in [1.165, 1.54) is 6.42 Å². The van der Waals surface area contributed by atoms with Crippen molar-refractivity contribution in [2.24, 2.45) is 0 Å². The molecule has 0 amide bonds. The average Bonchev–Trinajstić information content (AvgIpc) is 2.86. The first-order valence-electron chi connectivity index (χ1n) is 6.99. The molecule has 1 aromatic carbocycles. The number of nitro groups is 1. The van der Waals surface area contributed by atoms with Gasteiger partial charge in [-0.2, -0.15) is 11.8 Å². The van der Waals surface area contributed by atoms with Crippen LogP contribution in [0.25, 0.3) is 0 Å². The van der Waals surface area contributed by atoms with Crippen molar-refractivity contribution >= 4 is 28.8 Å². The smallest absolute Gasteiger partial charge is 0.315 e. The molecule has 20 heavy (non-hydrogen) atoms. The van der Waals surface area contributed by atoms with Crippen LogP contribution in [-0.2, 0) is 0 Å². The van der Waals surface area contributed by atoms with Crippen molar-refractivity contribution in [2.75, 3.05) is 23.4 Å². The molecule has 2 unspecified atom stereocenters. The third-order valence-electron chi connectivity index (χ3n) is 3.63. The molecular formula is C14H21N3O2S. The van der Waals surface area contributed by atoms with Crippen LogP contribution in [0.2, 0.25) is 0 Å². The molecule has 0 spiro atoms. The second-order valence-electron chi connectivity index (χ2n) is 4.94. The maximum absolute atomic E-state index is 11.3. The maximum Gasteiger partial charge on any atom is 0.315 e. The Morgan fingerprint density at radius 1 is 1.40 bits per heavy atom. The van der Waals surface area contributed by atoms with Gasteiger partial charge in [0.15, 0.2) is 0 Å². The molecule has 1 aliphatic carbocycles. The molecule has 1 fully saturated rings. The normalized spacial score (nSPS) is 21.7. The molecule has 2 atom stereocenters. The van der Waals surface area contributed by atoms with Crippen LogP contribution in [0.3, 0.4) is 0 Å². The topological polar surface area (TPSA) is 67.2 Å². The number of nitro benzene ring substituents is 1. The SMILES string of the molecule is CCSC1CCC(Nc2cccc(NC)c2[N+](=O)[O-])C1. The van der Waals surface area contributed by atoms with Crippen LogP contribution in [0.5, 0.6) is 0 Å². The molecule has 110 valence electrons. The molecule has 0 aliphatic heterocycles. The standard InChI is InChI=1S/C14H21N3O2S/c1-3-20-11-8-7-10(9-11)16-13-6-4-5-12(15-2)14(13)17(18)19/h4-6,10-11,15-16H,3,7-9H2,1-2H3. The van der Waals surface area contributed by atoms with Gasteiger partial charge in [0, 0.05) is 18.3 Å². The predicted octanol–water partition coefficient (Wildman–Crippen LogP) is 3.72. The Bertz CT molecular complexity index is 481. The summed E-state index contributed by atoms with van der Waals surface area (Å²) in [5.74, 6) is 1.13. The van der Waals surface area contributed by atoms with Crippen molar-refractivity contribution in [1.82, 2.24) is 0 Å². The Hall–Kier alpha value is -1.43. The Balaban J connectivity index is 2.12. The molecule has 0 saturated heterocycles. The number of hydrogen-bond donors (Lipinski definition) is 2. The van der Waals surface area contributed by atoms with Crippen LogP contribution in [0.15, 0.2) is 18.2 Å². The number of rotatable bonds is 6. The van der Waals surface area contributed by atoms with Crippen LogP contribution >= 0.6 is 11.8 Å². The highest BCUT2D eigenvalue weighted by atomic mass is 32.2. The molecule has 0 radical (unpaired) electrons. The van der Waals surface area contributed by atoms with Gasteiger partial charge in [0.1, 0.15) is 11.4 Å². The molecule has 0 aromatic heterocycles. The fourth-order valence-electron chi connectivity index (χ4n) is 2.74. The number of nitrogens with zero attached hydrogens (tertiary/aromatic N) is 1. The third-order valence-corrected chi connectivity index (χ3v) is 4.87. The minimum Gasteiger partial charge on any atom is -0.382 e. The molecule has 6 heteroatoms. The summed E-state index contributed by atoms with van der Waals surface area (Å²) in [6.45, 7) is 2.17. The summed E-state index contributed by atoms with van der Waals surface area (Å²) in [7, 11) is 1.70. The van der Waals surface area contributed by atoms with Crippen LogP contribution in [0.4, 0.5) is 17.1 Å². The summed E-state index contributed by atoms with van der Waals surface area (Å²) in [4.78, 5) is 10.9. The molecule has 1 aliphatic rings. The molecule has 1 saturated carbocycles. The van der Waals surface area contributed by atoms with E-state index in [1.54, 1.807) is 19.2 Å². The number of thioether (sulfide) groups is 1. The summed E-state index contributed by atoms with van der Waals surface area (Å²) in [5, 5.41) is 18.2. The monoisotopic (exact) mass is 295 g/mol. The Morgan fingerprint density at radius 3 is 2.80 bits per heavy atom. The number of nitrogens with one attached hydrogen (secondary N) is 2. The van der Waals surface area contributed by atoms with E-state index in [1.807, 2.05) is 17.8 Å². The lowest BCUT2D eigenvalue weighted by molar-refractivity contribution is -0.383. The van der Waals surface area contributed by atoms with Crippen molar-refractivity contribution < 1.29 is 4.92 Å². The van der Waals surface area contributed by atoms with E-state index in [-0.39, 0.29) is 10.6 Å². The summed E-state index contributed by atoms with van der Waals surface area (Å²) >= 11 is 1.99. The van der Waals surface area contributed by atoms with Crippen LogP contribution in [0, 0.1) is 10.1 Å². The Kier molecular flexibility index (Phi) is 5.11. The Morgan fingerprint density at radius 2 is 2.15 bits per heavy atom. The molecule has 5 nitrogen and oxygen atoms in total. The van der Waals surface area contributed by atoms with Gasteiger partial charge in [0.05, 0.1) is 4.92 Å². The number of para-hydroxylation sites is 1. The first kappa shape index (κ1) is 15.0. The van der Waals surface area contributed by atoms with E-state index in [0.29, 0.717) is 22.7 Å². The first-order chi connectivity index (χ1) is 9.65. The van der Waals surface area contributed by atoms with Crippen molar-refractivity contribution in [1.29, 1.82) is 0 Å². The largest absolute Gasteiger partial charge is 0.382 e. The second-order valence-corrected chi connectivity index (χ2v) is 6.52. The van der Waals surface area contributed by atoms with Crippen LogP contribution in [-0.4, -0.2) is 29.0 Å². The van der Waals surface area contributed by atoms with Gasteiger partial charge in [-0.15, -0.1) is 0 Å². The minimum absolute atomic E-state index is 0.140. The van der Waals surface area contributed by atoms with Crippen molar-refractivity contribution in [3.63, 3.8) is 0 Å². The fourth-order valence-corrected chi connectivity index (χ4v) is 3.88. The van der Waals surface area contributed by atoms with Crippen molar-refractivity contribution in [2.45, 2.75) is 37.5 Å². The molecule has 0 bridgehead atoms. The van der Waals surface area contributed by atoms with E-state index < -0.39 is 0 Å². The highest BCUT2D eigenvalue weighted by molar-refractivity contribution is 7.99. The van der Waals surface area contributed by atoms with Gasteiger partial charge in [-0.1, -0.05) is 13.0 Å². The van der Waals surface area contributed by atoms with Gasteiger partial charge in [0.25, 0.3) is 0 Å². The summed E-state index contributed by atoms with van der Waals surface area (Å²) in [6, 6.07) is 5.70. The van der Waals surface area contributed by atoms with Gasteiger partial charge in [-0.05, 0) is 37.1 Å². The molecule has 2 N–H and O–H groups in total. The summed E-state index contributed by atoms with van der Waals surface area (Å²) in [5.41, 5.74) is 1.31.